The van der Waals surface area contributed by atoms with Crippen LogP contribution in [-0.4, -0.2) is 47.1 Å². The average Bonchev–Trinajstić information content (AvgIpc) is 3.31. The van der Waals surface area contributed by atoms with Gasteiger partial charge in [0.15, 0.2) is 0 Å². The Morgan fingerprint density at radius 1 is 1.32 bits per heavy atom. The standard InChI is InChI=1S/C19H21N5O/c1-23(15-5-3-2-4-6-15)16-8-10-24(13-16)19(25)22-18-11-14-7-9-20-17(14)12-21-18/h2-7,9,11-12,16,20H,8,10,13H2,1H3,(H,21,22,25). The summed E-state index contributed by atoms with van der Waals surface area (Å²) in [4.78, 5) is 24.0. The number of carbonyl (C=O) groups excluding carboxylic acids is 1. The van der Waals surface area contributed by atoms with Gasteiger partial charge in [0.25, 0.3) is 0 Å². The van der Waals surface area contributed by atoms with E-state index in [-0.39, 0.29) is 6.03 Å². The summed E-state index contributed by atoms with van der Waals surface area (Å²) in [5.41, 5.74) is 2.14. The molecule has 6 heteroatoms. The number of carbonyl (C=O) groups is 1. The lowest BCUT2D eigenvalue weighted by atomic mass is 10.2. The van der Waals surface area contributed by atoms with Crippen LogP contribution in [0, 0.1) is 0 Å². The summed E-state index contributed by atoms with van der Waals surface area (Å²) < 4.78 is 0. The number of likely N-dealkylation sites (tertiary alicyclic amines) is 1. The van der Waals surface area contributed by atoms with E-state index in [0.29, 0.717) is 18.4 Å². The lowest BCUT2D eigenvalue weighted by molar-refractivity contribution is 0.222. The molecule has 4 rings (SSSR count). The molecule has 1 aromatic carbocycles. The molecule has 1 saturated heterocycles. The molecule has 3 heterocycles. The number of nitrogens with zero attached hydrogens (tertiary/aromatic N) is 3. The number of nitrogens with one attached hydrogen (secondary N) is 2. The van der Waals surface area contributed by atoms with Gasteiger partial charge in [-0.15, -0.1) is 0 Å². The highest BCUT2D eigenvalue weighted by Crippen LogP contribution is 2.22. The highest BCUT2D eigenvalue weighted by atomic mass is 16.2. The summed E-state index contributed by atoms with van der Waals surface area (Å²) in [5.74, 6) is 0.581. The van der Waals surface area contributed by atoms with Gasteiger partial charge in [-0.2, -0.15) is 0 Å². The molecule has 2 N–H and O–H groups in total. The molecular formula is C19H21N5O. The monoisotopic (exact) mass is 335 g/mol. The number of fused-ring (bicyclic) bond motifs is 1. The number of hydrogen-bond donors (Lipinski definition) is 2. The molecule has 0 spiro atoms. The van der Waals surface area contributed by atoms with Crippen molar-refractivity contribution in [2.75, 3.05) is 30.4 Å². The molecule has 1 unspecified atom stereocenters. The van der Waals surface area contributed by atoms with Crippen molar-refractivity contribution >= 4 is 28.4 Å². The Bertz CT molecular complexity index is 876. The number of amides is 2. The Labute approximate surface area is 146 Å². The summed E-state index contributed by atoms with van der Waals surface area (Å²) in [6.07, 6.45) is 4.56. The van der Waals surface area contributed by atoms with Crippen LogP contribution < -0.4 is 10.2 Å². The summed E-state index contributed by atoms with van der Waals surface area (Å²) >= 11 is 0. The first-order valence-corrected chi connectivity index (χ1v) is 8.47. The summed E-state index contributed by atoms with van der Waals surface area (Å²) in [6.45, 7) is 1.46. The van der Waals surface area contributed by atoms with Gasteiger partial charge >= 0.3 is 6.03 Å². The molecule has 0 aliphatic carbocycles. The van der Waals surface area contributed by atoms with Gasteiger partial charge in [-0.3, -0.25) is 5.32 Å². The first-order chi connectivity index (χ1) is 12.2. The zero-order valence-electron chi connectivity index (χ0n) is 14.1. The van der Waals surface area contributed by atoms with Crippen molar-refractivity contribution in [3.63, 3.8) is 0 Å². The molecule has 128 valence electrons. The van der Waals surface area contributed by atoms with Gasteiger partial charge in [-0.05, 0) is 30.7 Å². The highest BCUT2D eigenvalue weighted by Gasteiger charge is 2.29. The predicted octanol–water partition coefficient (Wildman–Crippen LogP) is 3.31. The van der Waals surface area contributed by atoms with Crippen molar-refractivity contribution in [1.29, 1.82) is 0 Å². The van der Waals surface area contributed by atoms with Crippen molar-refractivity contribution in [3.8, 4) is 0 Å². The van der Waals surface area contributed by atoms with Gasteiger partial charge in [0, 0.05) is 43.4 Å². The van der Waals surface area contributed by atoms with Crippen LogP contribution in [-0.2, 0) is 0 Å². The van der Waals surface area contributed by atoms with Crippen molar-refractivity contribution in [1.82, 2.24) is 14.9 Å². The van der Waals surface area contributed by atoms with E-state index in [0.717, 1.165) is 23.9 Å². The number of urea groups is 1. The maximum Gasteiger partial charge on any atom is 0.323 e. The van der Waals surface area contributed by atoms with Gasteiger partial charge in [0.05, 0.1) is 11.7 Å². The number of likely N-dealkylation sites (N-methyl/N-ethyl adjacent to an activating group) is 1. The van der Waals surface area contributed by atoms with Crippen LogP contribution in [0.25, 0.3) is 10.9 Å². The van der Waals surface area contributed by atoms with E-state index in [4.69, 9.17) is 0 Å². The topological polar surface area (TPSA) is 64.3 Å². The van der Waals surface area contributed by atoms with Crippen LogP contribution in [0.4, 0.5) is 16.3 Å². The Morgan fingerprint density at radius 2 is 2.16 bits per heavy atom. The number of aromatic amines is 1. The van der Waals surface area contributed by atoms with Gasteiger partial charge < -0.3 is 14.8 Å². The molecule has 1 aliphatic heterocycles. The minimum Gasteiger partial charge on any atom is -0.370 e. The minimum atomic E-state index is -0.0913. The molecule has 25 heavy (non-hydrogen) atoms. The second-order valence-electron chi connectivity index (χ2n) is 6.40. The van der Waals surface area contributed by atoms with E-state index in [9.17, 15) is 4.79 Å². The molecule has 6 nitrogen and oxygen atoms in total. The van der Waals surface area contributed by atoms with Crippen LogP contribution in [0.2, 0.25) is 0 Å². The second kappa shape index (κ2) is 6.47. The van der Waals surface area contributed by atoms with E-state index in [2.05, 4.69) is 39.4 Å². The minimum absolute atomic E-state index is 0.0913. The predicted molar refractivity (Wildman–Crippen MR) is 99.9 cm³/mol. The van der Waals surface area contributed by atoms with Crippen molar-refractivity contribution in [2.24, 2.45) is 0 Å². The third kappa shape index (κ3) is 3.15. The Hall–Kier alpha value is -3.02. The summed E-state index contributed by atoms with van der Waals surface area (Å²) in [7, 11) is 2.09. The Balaban J connectivity index is 1.40. The molecule has 0 saturated carbocycles. The van der Waals surface area contributed by atoms with E-state index in [1.54, 1.807) is 6.20 Å². The molecule has 0 radical (unpaired) electrons. The first-order valence-electron chi connectivity index (χ1n) is 8.47. The lowest BCUT2D eigenvalue weighted by Gasteiger charge is -2.26. The van der Waals surface area contributed by atoms with Crippen LogP contribution in [0.5, 0.6) is 0 Å². The zero-order valence-corrected chi connectivity index (χ0v) is 14.1. The number of anilines is 2. The fourth-order valence-corrected chi connectivity index (χ4v) is 3.32. The van der Waals surface area contributed by atoms with Gasteiger partial charge in [0.1, 0.15) is 5.82 Å². The molecule has 1 atom stereocenters. The quantitative estimate of drug-likeness (QED) is 0.772. The summed E-state index contributed by atoms with van der Waals surface area (Å²) in [6, 6.07) is 14.4. The fourth-order valence-electron chi connectivity index (χ4n) is 3.32. The van der Waals surface area contributed by atoms with Crippen molar-refractivity contribution < 1.29 is 4.79 Å². The normalized spacial score (nSPS) is 17.0. The maximum atomic E-state index is 12.5. The van der Waals surface area contributed by atoms with E-state index < -0.39 is 0 Å². The van der Waals surface area contributed by atoms with Gasteiger partial charge in [-0.25, -0.2) is 9.78 Å². The molecule has 1 fully saturated rings. The molecule has 3 aromatic rings. The van der Waals surface area contributed by atoms with Crippen LogP contribution in [0.15, 0.2) is 54.9 Å². The number of hydrogen-bond acceptors (Lipinski definition) is 3. The maximum absolute atomic E-state index is 12.5. The van der Waals surface area contributed by atoms with Crippen LogP contribution >= 0.6 is 0 Å². The van der Waals surface area contributed by atoms with Gasteiger partial charge in [0.2, 0.25) is 0 Å². The number of benzene rings is 1. The lowest BCUT2D eigenvalue weighted by Crippen LogP contribution is -2.38. The average molecular weight is 335 g/mol. The Morgan fingerprint density at radius 3 is 3.00 bits per heavy atom. The molecular weight excluding hydrogens is 314 g/mol. The third-order valence-electron chi connectivity index (χ3n) is 4.83. The largest absolute Gasteiger partial charge is 0.370 e. The Kier molecular flexibility index (Phi) is 4.01. The SMILES string of the molecule is CN(c1ccccc1)C1CCN(C(=O)Nc2cc3cc[nH]c3cn2)C1. The number of para-hydroxylation sites is 1. The molecule has 0 bridgehead atoms. The zero-order chi connectivity index (χ0) is 17.2. The number of aromatic nitrogens is 2. The number of pyridine rings is 1. The van der Waals surface area contributed by atoms with Crippen molar-refractivity contribution in [2.45, 2.75) is 12.5 Å². The smallest absolute Gasteiger partial charge is 0.323 e. The van der Waals surface area contributed by atoms with Crippen LogP contribution in [0.3, 0.4) is 0 Å². The van der Waals surface area contributed by atoms with Crippen molar-refractivity contribution in [3.05, 3.63) is 54.9 Å². The van der Waals surface area contributed by atoms with E-state index >= 15 is 0 Å². The number of rotatable bonds is 3. The fraction of sp³-hybridized carbons (Fsp3) is 0.263. The van der Waals surface area contributed by atoms with Crippen LogP contribution in [0.1, 0.15) is 6.42 Å². The number of H-pyrrole nitrogens is 1. The summed E-state index contributed by atoms with van der Waals surface area (Å²) in [5, 5.41) is 3.94. The van der Waals surface area contributed by atoms with E-state index in [1.165, 1.54) is 5.69 Å². The third-order valence-corrected chi connectivity index (χ3v) is 4.83. The van der Waals surface area contributed by atoms with E-state index in [1.807, 2.05) is 41.4 Å². The van der Waals surface area contributed by atoms with Gasteiger partial charge in [-0.1, -0.05) is 18.2 Å². The highest BCUT2D eigenvalue weighted by molar-refractivity contribution is 5.91. The first kappa shape index (κ1) is 15.5. The second-order valence-corrected chi connectivity index (χ2v) is 6.40. The molecule has 2 aromatic heterocycles. The molecule has 1 aliphatic rings. The molecule has 2 amide bonds.